The Balaban J connectivity index is 2.66. The fourth-order valence-corrected chi connectivity index (χ4v) is 1.75. The minimum Gasteiger partial charge on any atom is -0.397 e. The molecule has 1 rings (SSSR count). The lowest BCUT2D eigenvalue weighted by Crippen LogP contribution is -2.28. The predicted molar refractivity (Wildman–Crippen MR) is 79.8 cm³/mol. The van der Waals surface area contributed by atoms with E-state index in [4.69, 9.17) is 5.73 Å². The predicted octanol–water partition coefficient (Wildman–Crippen LogP) is 3.56. The molecule has 0 saturated carbocycles. The standard InChI is InChI=1S/C15H27N3/c1-12(2)7-9-18(10-8-13(3)4)15-6-5-14(16)11-17-15/h5-6,11-13H,7-10,16H2,1-4H3. The first-order valence-corrected chi connectivity index (χ1v) is 6.95. The van der Waals surface area contributed by atoms with Gasteiger partial charge in [-0.2, -0.15) is 0 Å². The quantitative estimate of drug-likeness (QED) is 0.803. The molecule has 0 atom stereocenters. The van der Waals surface area contributed by atoms with Gasteiger partial charge in [-0.15, -0.1) is 0 Å². The van der Waals surface area contributed by atoms with E-state index < -0.39 is 0 Å². The van der Waals surface area contributed by atoms with Gasteiger partial charge in [-0.25, -0.2) is 4.98 Å². The Kier molecular flexibility index (Phi) is 5.96. The van der Waals surface area contributed by atoms with Crippen molar-refractivity contribution in [2.24, 2.45) is 11.8 Å². The van der Waals surface area contributed by atoms with Crippen LogP contribution in [0.5, 0.6) is 0 Å². The molecule has 1 heterocycles. The average Bonchev–Trinajstić information content (AvgIpc) is 2.30. The van der Waals surface area contributed by atoms with Gasteiger partial charge < -0.3 is 10.6 Å². The highest BCUT2D eigenvalue weighted by Crippen LogP contribution is 2.16. The van der Waals surface area contributed by atoms with Gasteiger partial charge in [0.2, 0.25) is 0 Å². The van der Waals surface area contributed by atoms with Gasteiger partial charge in [-0.3, -0.25) is 0 Å². The van der Waals surface area contributed by atoms with Crippen molar-refractivity contribution in [3.63, 3.8) is 0 Å². The molecule has 3 nitrogen and oxygen atoms in total. The molecule has 0 aliphatic rings. The first kappa shape index (κ1) is 14.8. The molecular formula is C15H27N3. The van der Waals surface area contributed by atoms with Crippen LogP contribution in [-0.2, 0) is 0 Å². The van der Waals surface area contributed by atoms with E-state index >= 15 is 0 Å². The van der Waals surface area contributed by atoms with Crippen molar-refractivity contribution < 1.29 is 0 Å². The number of nitrogens with two attached hydrogens (primary N) is 1. The SMILES string of the molecule is CC(C)CCN(CCC(C)C)c1ccc(N)cn1. The lowest BCUT2D eigenvalue weighted by Gasteiger charge is -2.25. The van der Waals surface area contributed by atoms with Crippen LogP contribution in [0.3, 0.4) is 0 Å². The highest BCUT2D eigenvalue weighted by Gasteiger charge is 2.09. The van der Waals surface area contributed by atoms with Crippen LogP contribution >= 0.6 is 0 Å². The minimum atomic E-state index is 0.723. The summed E-state index contributed by atoms with van der Waals surface area (Å²) in [6.07, 6.45) is 4.14. The van der Waals surface area contributed by atoms with Crippen molar-refractivity contribution in [1.29, 1.82) is 0 Å². The van der Waals surface area contributed by atoms with E-state index in [1.54, 1.807) is 6.20 Å². The summed E-state index contributed by atoms with van der Waals surface area (Å²) < 4.78 is 0. The van der Waals surface area contributed by atoms with Crippen LogP contribution in [0, 0.1) is 11.8 Å². The van der Waals surface area contributed by atoms with Gasteiger partial charge in [0, 0.05) is 13.1 Å². The van der Waals surface area contributed by atoms with Crippen molar-refractivity contribution in [3.8, 4) is 0 Å². The summed E-state index contributed by atoms with van der Waals surface area (Å²) >= 11 is 0. The van der Waals surface area contributed by atoms with Gasteiger partial charge in [0.1, 0.15) is 5.82 Å². The molecule has 0 saturated heterocycles. The number of pyridine rings is 1. The molecule has 3 heteroatoms. The summed E-state index contributed by atoms with van der Waals surface area (Å²) in [5.74, 6) is 2.49. The van der Waals surface area contributed by atoms with E-state index in [1.165, 1.54) is 12.8 Å². The molecule has 18 heavy (non-hydrogen) atoms. The summed E-state index contributed by atoms with van der Waals surface area (Å²) in [7, 11) is 0. The van der Waals surface area contributed by atoms with E-state index in [2.05, 4.69) is 37.6 Å². The molecule has 0 unspecified atom stereocenters. The zero-order valence-corrected chi connectivity index (χ0v) is 12.2. The molecule has 0 aliphatic carbocycles. The van der Waals surface area contributed by atoms with Crippen LogP contribution in [0.4, 0.5) is 11.5 Å². The van der Waals surface area contributed by atoms with Crippen LogP contribution in [-0.4, -0.2) is 18.1 Å². The fourth-order valence-electron chi connectivity index (χ4n) is 1.75. The number of hydrogen-bond acceptors (Lipinski definition) is 3. The second kappa shape index (κ2) is 7.24. The van der Waals surface area contributed by atoms with Crippen LogP contribution in [0.15, 0.2) is 18.3 Å². The first-order valence-electron chi connectivity index (χ1n) is 6.95. The third-order valence-corrected chi connectivity index (χ3v) is 3.05. The van der Waals surface area contributed by atoms with Crippen molar-refractivity contribution in [2.75, 3.05) is 23.7 Å². The van der Waals surface area contributed by atoms with Crippen LogP contribution < -0.4 is 10.6 Å². The molecule has 2 N–H and O–H groups in total. The zero-order valence-electron chi connectivity index (χ0n) is 12.2. The summed E-state index contributed by atoms with van der Waals surface area (Å²) in [4.78, 5) is 6.81. The van der Waals surface area contributed by atoms with Gasteiger partial charge >= 0.3 is 0 Å². The molecule has 0 radical (unpaired) electrons. The molecule has 1 aromatic heterocycles. The van der Waals surface area contributed by atoms with E-state index in [-0.39, 0.29) is 0 Å². The van der Waals surface area contributed by atoms with Crippen molar-refractivity contribution in [1.82, 2.24) is 4.98 Å². The highest BCUT2D eigenvalue weighted by atomic mass is 15.2. The minimum absolute atomic E-state index is 0.723. The summed E-state index contributed by atoms with van der Waals surface area (Å²) in [5.41, 5.74) is 6.42. The highest BCUT2D eigenvalue weighted by molar-refractivity contribution is 5.45. The Labute approximate surface area is 111 Å². The Hall–Kier alpha value is -1.25. The summed E-state index contributed by atoms with van der Waals surface area (Å²) in [5, 5.41) is 0. The largest absolute Gasteiger partial charge is 0.397 e. The van der Waals surface area contributed by atoms with Crippen molar-refractivity contribution in [2.45, 2.75) is 40.5 Å². The van der Waals surface area contributed by atoms with Gasteiger partial charge in [-0.05, 0) is 36.8 Å². The Bertz CT molecular complexity index is 318. The number of anilines is 2. The third-order valence-electron chi connectivity index (χ3n) is 3.05. The average molecular weight is 249 g/mol. The van der Waals surface area contributed by atoms with E-state index in [0.717, 1.165) is 36.4 Å². The molecule has 102 valence electrons. The van der Waals surface area contributed by atoms with Crippen LogP contribution in [0.2, 0.25) is 0 Å². The molecule has 0 bridgehead atoms. The smallest absolute Gasteiger partial charge is 0.128 e. The molecule has 0 aliphatic heterocycles. The van der Waals surface area contributed by atoms with Gasteiger partial charge in [0.25, 0.3) is 0 Å². The molecule has 1 aromatic rings. The number of rotatable bonds is 7. The maximum Gasteiger partial charge on any atom is 0.128 e. The van der Waals surface area contributed by atoms with Crippen molar-refractivity contribution in [3.05, 3.63) is 18.3 Å². The number of aromatic nitrogens is 1. The molecule has 0 fully saturated rings. The lowest BCUT2D eigenvalue weighted by molar-refractivity contribution is 0.533. The van der Waals surface area contributed by atoms with Crippen LogP contribution in [0.1, 0.15) is 40.5 Å². The molecular weight excluding hydrogens is 222 g/mol. The summed E-state index contributed by atoms with van der Waals surface area (Å²) in [6, 6.07) is 3.95. The maximum atomic E-state index is 5.69. The summed E-state index contributed by atoms with van der Waals surface area (Å²) in [6.45, 7) is 11.2. The molecule has 0 spiro atoms. The monoisotopic (exact) mass is 249 g/mol. The third kappa shape index (κ3) is 5.39. The Morgan fingerprint density at radius 1 is 1.06 bits per heavy atom. The van der Waals surface area contributed by atoms with E-state index in [0.29, 0.717) is 0 Å². The van der Waals surface area contributed by atoms with Gasteiger partial charge in [-0.1, -0.05) is 27.7 Å². The Morgan fingerprint density at radius 2 is 1.61 bits per heavy atom. The Morgan fingerprint density at radius 3 is 2.00 bits per heavy atom. The number of nitrogens with zero attached hydrogens (tertiary/aromatic N) is 2. The lowest BCUT2D eigenvalue weighted by atomic mass is 10.1. The van der Waals surface area contributed by atoms with Crippen LogP contribution in [0.25, 0.3) is 0 Å². The van der Waals surface area contributed by atoms with Gasteiger partial charge in [0.05, 0.1) is 11.9 Å². The normalized spacial score (nSPS) is 11.2. The maximum absolute atomic E-state index is 5.69. The van der Waals surface area contributed by atoms with Crippen molar-refractivity contribution >= 4 is 11.5 Å². The fraction of sp³-hybridized carbons (Fsp3) is 0.667. The second-order valence-electron chi connectivity index (χ2n) is 5.80. The molecule has 0 aromatic carbocycles. The zero-order chi connectivity index (χ0) is 13.5. The van der Waals surface area contributed by atoms with E-state index in [1.807, 2.05) is 12.1 Å². The number of nitrogen functional groups attached to an aromatic ring is 1. The molecule has 0 amide bonds. The van der Waals surface area contributed by atoms with Gasteiger partial charge in [0.15, 0.2) is 0 Å². The second-order valence-corrected chi connectivity index (χ2v) is 5.80. The first-order chi connectivity index (χ1) is 8.49. The number of hydrogen-bond donors (Lipinski definition) is 1. The van der Waals surface area contributed by atoms with E-state index in [9.17, 15) is 0 Å². The topological polar surface area (TPSA) is 42.1 Å².